The Labute approximate surface area is 187 Å². The van der Waals surface area contributed by atoms with Gasteiger partial charge in [0.15, 0.2) is 5.82 Å². The van der Waals surface area contributed by atoms with Crippen molar-refractivity contribution in [2.75, 3.05) is 5.32 Å². The number of carbonyl (C=O) groups is 1. The molecule has 0 saturated carbocycles. The highest BCUT2D eigenvalue weighted by atomic mass is 79.9. The SMILES string of the molecule is Cc1nn(-c2ccccc2)c(C)c1C(=O)Nc1nn(Cc2ccc(Cl)cc2)cc1Br. The minimum Gasteiger partial charge on any atom is -0.304 e. The van der Waals surface area contributed by atoms with Crippen molar-refractivity contribution in [2.24, 2.45) is 0 Å². The van der Waals surface area contributed by atoms with Crippen LogP contribution in [0.3, 0.4) is 0 Å². The van der Waals surface area contributed by atoms with Gasteiger partial charge in [-0.25, -0.2) is 4.68 Å². The van der Waals surface area contributed by atoms with Gasteiger partial charge in [-0.1, -0.05) is 41.9 Å². The molecule has 4 aromatic rings. The van der Waals surface area contributed by atoms with Crippen LogP contribution >= 0.6 is 27.5 Å². The summed E-state index contributed by atoms with van der Waals surface area (Å²) in [7, 11) is 0. The van der Waals surface area contributed by atoms with Crippen molar-refractivity contribution in [3.05, 3.63) is 92.8 Å². The van der Waals surface area contributed by atoms with Crippen LogP contribution in [0.25, 0.3) is 5.69 Å². The summed E-state index contributed by atoms with van der Waals surface area (Å²) in [5, 5.41) is 12.6. The zero-order chi connectivity index (χ0) is 21.3. The molecule has 0 aliphatic heterocycles. The Balaban J connectivity index is 1.55. The van der Waals surface area contributed by atoms with Crippen LogP contribution in [-0.4, -0.2) is 25.5 Å². The Kier molecular flexibility index (Phi) is 5.74. The van der Waals surface area contributed by atoms with E-state index in [2.05, 4.69) is 31.4 Å². The van der Waals surface area contributed by atoms with Crippen molar-refractivity contribution in [3.8, 4) is 5.69 Å². The Morgan fingerprint density at radius 3 is 2.47 bits per heavy atom. The number of para-hydroxylation sites is 1. The van der Waals surface area contributed by atoms with E-state index in [0.717, 1.165) is 16.9 Å². The first-order valence-corrected chi connectivity index (χ1v) is 10.5. The maximum atomic E-state index is 13.0. The molecule has 0 fully saturated rings. The number of benzene rings is 2. The van der Waals surface area contributed by atoms with Gasteiger partial charge in [0.1, 0.15) is 0 Å². The number of rotatable bonds is 5. The number of anilines is 1. The molecular weight excluding hydrogens is 466 g/mol. The standard InChI is InChI=1S/C22H19BrClN5O/c1-14-20(15(2)29(26-14)18-6-4-3-5-7-18)22(30)25-21-19(23)13-28(27-21)12-16-8-10-17(24)11-9-16/h3-11,13H,12H2,1-2H3,(H,25,27,30). The third-order valence-corrected chi connectivity index (χ3v) is 5.56. The first kappa shape index (κ1) is 20.4. The zero-order valence-corrected chi connectivity index (χ0v) is 18.8. The van der Waals surface area contributed by atoms with Gasteiger partial charge >= 0.3 is 0 Å². The van der Waals surface area contributed by atoms with Crippen molar-refractivity contribution in [2.45, 2.75) is 20.4 Å². The molecule has 0 spiro atoms. The number of aromatic nitrogens is 4. The number of aryl methyl sites for hydroxylation is 1. The van der Waals surface area contributed by atoms with E-state index in [9.17, 15) is 4.79 Å². The summed E-state index contributed by atoms with van der Waals surface area (Å²) in [6, 6.07) is 17.3. The summed E-state index contributed by atoms with van der Waals surface area (Å²) < 4.78 is 4.24. The second-order valence-corrected chi connectivity index (χ2v) is 8.19. The molecule has 0 bridgehead atoms. The minimum absolute atomic E-state index is 0.246. The van der Waals surface area contributed by atoms with Crippen LogP contribution in [0.1, 0.15) is 27.3 Å². The van der Waals surface area contributed by atoms with Gasteiger partial charge in [0, 0.05) is 11.2 Å². The quantitative estimate of drug-likeness (QED) is 0.412. The number of nitrogens with zero attached hydrogens (tertiary/aromatic N) is 4. The van der Waals surface area contributed by atoms with Gasteiger partial charge < -0.3 is 5.32 Å². The molecule has 2 aromatic heterocycles. The van der Waals surface area contributed by atoms with Gasteiger partial charge in [0.25, 0.3) is 5.91 Å². The van der Waals surface area contributed by atoms with Gasteiger partial charge in [-0.05, 0) is 59.6 Å². The predicted octanol–water partition coefficient (Wildman–Crippen LogP) is 5.40. The first-order valence-electron chi connectivity index (χ1n) is 9.33. The fourth-order valence-corrected chi connectivity index (χ4v) is 3.84. The predicted molar refractivity (Wildman–Crippen MR) is 121 cm³/mol. The van der Waals surface area contributed by atoms with Crippen molar-refractivity contribution in [1.82, 2.24) is 19.6 Å². The van der Waals surface area contributed by atoms with E-state index in [1.165, 1.54) is 0 Å². The third kappa shape index (κ3) is 4.17. The molecule has 1 amide bonds. The normalized spacial score (nSPS) is 10.9. The lowest BCUT2D eigenvalue weighted by Crippen LogP contribution is -2.15. The van der Waals surface area contributed by atoms with E-state index in [1.54, 1.807) is 9.36 Å². The maximum absolute atomic E-state index is 13.0. The number of halogens is 2. The van der Waals surface area contributed by atoms with E-state index in [4.69, 9.17) is 11.6 Å². The Hall–Kier alpha value is -2.90. The van der Waals surface area contributed by atoms with Gasteiger partial charge in [0.2, 0.25) is 0 Å². The molecule has 0 radical (unpaired) electrons. The molecule has 0 unspecified atom stereocenters. The lowest BCUT2D eigenvalue weighted by molar-refractivity contribution is 0.102. The van der Waals surface area contributed by atoms with Crippen molar-refractivity contribution in [3.63, 3.8) is 0 Å². The molecule has 6 nitrogen and oxygen atoms in total. The second kappa shape index (κ2) is 8.45. The van der Waals surface area contributed by atoms with Crippen LogP contribution in [0.5, 0.6) is 0 Å². The van der Waals surface area contributed by atoms with Crippen LogP contribution in [0.4, 0.5) is 5.82 Å². The van der Waals surface area contributed by atoms with E-state index in [-0.39, 0.29) is 5.91 Å². The van der Waals surface area contributed by atoms with Crippen molar-refractivity contribution >= 4 is 39.3 Å². The molecule has 8 heteroatoms. The largest absolute Gasteiger partial charge is 0.304 e. The van der Waals surface area contributed by atoms with Crippen molar-refractivity contribution < 1.29 is 4.79 Å². The summed E-state index contributed by atoms with van der Waals surface area (Å²) in [4.78, 5) is 13.0. The Morgan fingerprint density at radius 2 is 1.77 bits per heavy atom. The van der Waals surface area contributed by atoms with Crippen LogP contribution < -0.4 is 5.32 Å². The molecule has 2 heterocycles. The van der Waals surface area contributed by atoms with Crippen LogP contribution in [0.15, 0.2) is 65.3 Å². The fraction of sp³-hybridized carbons (Fsp3) is 0.136. The number of hydrogen-bond donors (Lipinski definition) is 1. The number of amides is 1. The van der Waals surface area contributed by atoms with Gasteiger partial charge in [-0.2, -0.15) is 10.2 Å². The number of hydrogen-bond acceptors (Lipinski definition) is 3. The van der Waals surface area contributed by atoms with Crippen LogP contribution in [0.2, 0.25) is 5.02 Å². The highest BCUT2D eigenvalue weighted by Crippen LogP contribution is 2.24. The average Bonchev–Trinajstić information content (AvgIpc) is 3.22. The van der Waals surface area contributed by atoms with E-state index >= 15 is 0 Å². The molecule has 0 saturated heterocycles. The average molecular weight is 485 g/mol. The summed E-state index contributed by atoms with van der Waals surface area (Å²) in [5.41, 5.74) is 3.94. The topological polar surface area (TPSA) is 64.7 Å². The van der Waals surface area contributed by atoms with Gasteiger partial charge in [0.05, 0.1) is 33.7 Å². The maximum Gasteiger partial charge on any atom is 0.260 e. The molecule has 4 rings (SSSR count). The highest BCUT2D eigenvalue weighted by Gasteiger charge is 2.21. The highest BCUT2D eigenvalue weighted by molar-refractivity contribution is 9.10. The van der Waals surface area contributed by atoms with Gasteiger partial charge in [-0.15, -0.1) is 0 Å². The molecular formula is C22H19BrClN5O. The summed E-state index contributed by atoms with van der Waals surface area (Å²) in [5.74, 6) is 0.213. The third-order valence-electron chi connectivity index (χ3n) is 4.73. The molecule has 152 valence electrons. The summed E-state index contributed by atoms with van der Waals surface area (Å²) in [6.45, 7) is 4.28. The number of nitrogens with one attached hydrogen (secondary N) is 1. The van der Waals surface area contributed by atoms with Crippen LogP contribution in [0, 0.1) is 13.8 Å². The second-order valence-electron chi connectivity index (χ2n) is 6.90. The van der Waals surface area contributed by atoms with Gasteiger partial charge in [-0.3, -0.25) is 9.48 Å². The van der Waals surface area contributed by atoms with Crippen LogP contribution in [-0.2, 0) is 6.54 Å². The minimum atomic E-state index is -0.246. The molecule has 0 aliphatic carbocycles. The lowest BCUT2D eigenvalue weighted by Gasteiger charge is -2.06. The van der Waals surface area contributed by atoms with E-state index in [1.807, 2.05) is 74.6 Å². The van der Waals surface area contributed by atoms with E-state index < -0.39 is 0 Å². The number of carbonyl (C=O) groups excluding carboxylic acids is 1. The monoisotopic (exact) mass is 483 g/mol. The zero-order valence-electron chi connectivity index (χ0n) is 16.4. The van der Waals surface area contributed by atoms with Crippen molar-refractivity contribution in [1.29, 1.82) is 0 Å². The Morgan fingerprint density at radius 1 is 1.07 bits per heavy atom. The first-order chi connectivity index (χ1) is 14.4. The fourth-order valence-electron chi connectivity index (χ4n) is 3.30. The van der Waals surface area contributed by atoms with E-state index in [0.29, 0.717) is 33.1 Å². The smallest absolute Gasteiger partial charge is 0.260 e. The summed E-state index contributed by atoms with van der Waals surface area (Å²) >= 11 is 9.42. The molecule has 0 aliphatic rings. The molecule has 30 heavy (non-hydrogen) atoms. The molecule has 2 aromatic carbocycles. The molecule has 1 N–H and O–H groups in total. The Bertz CT molecular complexity index is 1200. The molecule has 0 atom stereocenters. The summed E-state index contributed by atoms with van der Waals surface area (Å²) in [6.07, 6.45) is 1.83. The lowest BCUT2D eigenvalue weighted by atomic mass is 10.2.